The Bertz CT molecular complexity index is 1380. The van der Waals surface area contributed by atoms with Crippen LogP contribution in [0.1, 0.15) is 42.4 Å². The second kappa shape index (κ2) is 7.63. The molecule has 3 aromatic rings. The fourth-order valence-corrected chi connectivity index (χ4v) is 7.07. The van der Waals surface area contributed by atoms with E-state index in [2.05, 4.69) is 48.5 Å². The van der Waals surface area contributed by atoms with E-state index in [-0.39, 0.29) is 18.3 Å². The number of hydrogen-bond acceptors (Lipinski definition) is 6. The Hall–Kier alpha value is -2.78. The molecule has 1 spiro atoms. The van der Waals surface area contributed by atoms with Crippen molar-refractivity contribution >= 4 is 23.4 Å². The van der Waals surface area contributed by atoms with Gasteiger partial charge in [0.15, 0.2) is 5.82 Å². The highest BCUT2D eigenvalue weighted by Crippen LogP contribution is 2.51. The summed E-state index contributed by atoms with van der Waals surface area (Å²) in [5, 5.41) is 9.80. The molecule has 37 heavy (non-hydrogen) atoms. The highest BCUT2D eigenvalue weighted by atomic mass is 35.5. The Kier molecular flexibility index (Phi) is 4.82. The van der Waals surface area contributed by atoms with Crippen molar-refractivity contribution < 1.29 is 8.78 Å². The molecule has 3 aliphatic heterocycles. The van der Waals surface area contributed by atoms with Gasteiger partial charge in [-0.2, -0.15) is 0 Å². The third-order valence-corrected chi connectivity index (χ3v) is 8.76. The number of anilines is 2. The monoisotopic (exact) mass is 525 g/mol. The quantitative estimate of drug-likeness (QED) is 0.491. The Morgan fingerprint density at radius 2 is 1.65 bits per heavy atom. The molecule has 1 aromatic carbocycles. The lowest BCUT2D eigenvalue weighted by molar-refractivity contribution is -0.173. The van der Waals surface area contributed by atoms with E-state index in [1.54, 1.807) is 0 Å². The van der Waals surface area contributed by atoms with Crippen molar-refractivity contribution in [2.24, 2.45) is 5.41 Å². The number of aryl methyl sites for hydroxylation is 2. The van der Waals surface area contributed by atoms with Crippen LogP contribution < -0.4 is 9.80 Å². The Labute approximate surface area is 220 Å². The Balaban J connectivity index is 1.14. The van der Waals surface area contributed by atoms with Gasteiger partial charge in [-0.25, -0.2) is 13.8 Å². The fraction of sp³-hybridized carbons (Fsp3) is 0.519. The number of aromatic nitrogens is 4. The molecule has 3 fully saturated rings. The number of nitrogens with zero attached hydrogens (tertiary/aromatic N) is 7. The second-order valence-corrected chi connectivity index (χ2v) is 12.4. The first-order valence-corrected chi connectivity index (χ1v) is 13.2. The van der Waals surface area contributed by atoms with E-state index in [1.165, 1.54) is 5.56 Å². The van der Waals surface area contributed by atoms with Gasteiger partial charge >= 0.3 is 0 Å². The minimum Gasteiger partial charge on any atom is -0.355 e. The van der Waals surface area contributed by atoms with Crippen LogP contribution in [0.15, 0.2) is 30.3 Å². The van der Waals surface area contributed by atoms with Crippen LogP contribution >= 0.6 is 11.6 Å². The van der Waals surface area contributed by atoms with E-state index in [1.807, 2.05) is 32.0 Å². The molecular weight excluding hydrogens is 496 g/mol. The summed E-state index contributed by atoms with van der Waals surface area (Å²) in [6.45, 7) is 10.9. The summed E-state index contributed by atoms with van der Waals surface area (Å²) in [6, 6.07) is 10.1. The standard InChI is InChI=1S/C27H30ClF2N7/c1-17-6-18(2)31-22(7-17)34-13-26(14-34)15-35(16-26)24-33-32-23-10-36(25(3)11-27(29,30)12-25)9-19-8-20(28)4-5-21(19)37(23)24/h4-8H,9-16H2,1-3H3. The van der Waals surface area contributed by atoms with Gasteiger partial charge in [-0.1, -0.05) is 11.6 Å². The number of hydrogen-bond donors (Lipinski definition) is 0. The zero-order valence-electron chi connectivity index (χ0n) is 21.3. The normalized spacial score (nSPS) is 23.0. The van der Waals surface area contributed by atoms with Crippen LogP contribution in [0.25, 0.3) is 5.69 Å². The minimum absolute atomic E-state index is 0.142. The molecule has 1 saturated carbocycles. The van der Waals surface area contributed by atoms with Crippen molar-refractivity contribution in [1.29, 1.82) is 0 Å². The van der Waals surface area contributed by atoms with Crippen LogP contribution in [-0.4, -0.2) is 62.3 Å². The summed E-state index contributed by atoms with van der Waals surface area (Å²) in [5.41, 5.74) is 3.92. The number of fused-ring (bicyclic) bond motifs is 3. The zero-order valence-corrected chi connectivity index (χ0v) is 22.1. The van der Waals surface area contributed by atoms with Gasteiger partial charge in [-0.15, -0.1) is 10.2 Å². The highest BCUT2D eigenvalue weighted by Gasteiger charge is 2.57. The SMILES string of the molecule is Cc1cc(C)nc(N2CC3(C2)CN(c2nnc4n2-c2ccc(Cl)cc2CN(C2(C)CC(F)(F)C2)C4)C3)c1. The molecule has 0 atom stereocenters. The molecule has 0 bridgehead atoms. The lowest BCUT2D eigenvalue weighted by Crippen LogP contribution is -2.73. The molecule has 4 aliphatic rings. The molecule has 7 nitrogen and oxygen atoms in total. The first-order valence-electron chi connectivity index (χ1n) is 12.8. The molecule has 10 heteroatoms. The van der Waals surface area contributed by atoms with Crippen molar-refractivity contribution in [1.82, 2.24) is 24.6 Å². The van der Waals surface area contributed by atoms with Gasteiger partial charge in [0, 0.05) is 67.2 Å². The maximum atomic E-state index is 13.9. The maximum Gasteiger partial charge on any atom is 0.251 e. The van der Waals surface area contributed by atoms with E-state index in [0.29, 0.717) is 18.1 Å². The van der Waals surface area contributed by atoms with Crippen molar-refractivity contribution in [2.45, 2.75) is 58.2 Å². The molecule has 194 valence electrons. The number of benzene rings is 1. The topological polar surface area (TPSA) is 53.3 Å². The molecule has 0 unspecified atom stereocenters. The third-order valence-electron chi connectivity index (χ3n) is 8.53. The predicted molar refractivity (Wildman–Crippen MR) is 139 cm³/mol. The van der Waals surface area contributed by atoms with E-state index < -0.39 is 11.5 Å². The van der Waals surface area contributed by atoms with Gasteiger partial charge < -0.3 is 9.80 Å². The third kappa shape index (κ3) is 3.73. The summed E-state index contributed by atoms with van der Waals surface area (Å²) < 4.78 is 29.9. The average Bonchev–Trinajstić information content (AvgIpc) is 3.04. The maximum absolute atomic E-state index is 13.9. The van der Waals surface area contributed by atoms with Crippen molar-refractivity contribution in [3.8, 4) is 5.69 Å². The van der Waals surface area contributed by atoms with Gasteiger partial charge in [0.25, 0.3) is 5.92 Å². The Morgan fingerprint density at radius 1 is 0.919 bits per heavy atom. The molecule has 0 radical (unpaired) electrons. The molecular formula is C27H30ClF2N7. The first kappa shape index (κ1) is 23.3. The summed E-state index contributed by atoms with van der Waals surface area (Å²) in [6.07, 6.45) is -0.283. The number of halogens is 3. The minimum atomic E-state index is -2.60. The molecule has 7 rings (SSSR count). The number of rotatable bonds is 3. The first-order chi connectivity index (χ1) is 17.5. The van der Waals surface area contributed by atoms with Gasteiger partial charge in [-0.3, -0.25) is 9.47 Å². The van der Waals surface area contributed by atoms with E-state index in [9.17, 15) is 8.78 Å². The van der Waals surface area contributed by atoms with Crippen LogP contribution in [0.4, 0.5) is 20.5 Å². The largest absolute Gasteiger partial charge is 0.355 e. The van der Waals surface area contributed by atoms with Crippen LogP contribution in [0.3, 0.4) is 0 Å². The van der Waals surface area contributed by atoms with Crippen molar-refractivity contribution in [3.05, 3.63) is 58.0 Å². The van der Waals surface area contributed by atoms with Crippen molar-refractivity contribution in [2.75, 3.05) is 36.0 Å². The van der Waals surface area contributed by atoms with Gasteiger partial charge in [-0.05, 0) is 62.2 Å². The summed E-state index contributed by atoms with van der Waals surface area (Å²) in [7, 11) is 0. The summed E-state index contributed by atoms with van der Waals surface area (Å²) >= 11 is 6.38. The lowest BCUT2D eigenvalue weighted by atomic mass is 9.73. The highest BCUT2D eigenvalue weighted by molar-refractivity contribution is 6.30. The molecule has 0 N–H and O–H groups in total. The van der Waals surface area contributed by atoms with E-state index >= 15 is 0 Å². The smallest absolute Gasteiger partial charge is 0.251 e. The van der Waals surface area contributed by atoms with Gasteiger partial charge in [0.2, 0.25) is 5.95 Å². The van der Waals surface area contributed by atoms with E-state index in [4.69, 9.17) is 16.6 Å². The molecule has 2 saturated heterocycles. The summed E-state index contributed by atoms with van der Waals surface area (Å²) in [5.74, 6) is 0.0481. The van der Waals surface area contributed by atoms with Gasteiger partial charge in [0.05, 0.1) is 12.2 Å². The van der Waals surface area contributed by atoms with Crippen LogP contribution in [0.5, 0.6) is 0 Å². The fourth-order valence-electron chi connectivity index (χ4n) is 6.87. The average molecular weight is 526 g/mol. The number of pyridine rings is 1. The van der Waals surface area contributed by atoms with Crippen LogP contribution in [0.2, 0.25) is 5.02 Å². The molecule has 1 aliphatic carbocycles. The summed E-state index contributed by atoms with van der Waals surface area (Å²) in [4.78, 5) is 11.5. The van der Waals surface area contributed by atoms with E-state index in [0.717, 1.165) is 60.7 Å². The Morgan fingerprint density at radius 3 is 2.35 bits per heavy atom. The van der Waals surface area contributed by atoms with Crippen LogP contribution in [-0.2, 0) is 13.1 Å². The lowest BCUT2D eigenvalue weighted by Gasteiger charge is -2.60. The molecule has 2 aromatic heterocycles. The van der Waals surface area contributed by atoms with Gasteiger partial charge in [0.1, 0.15) is 5.82 Å². The van der Waals surface area contributed by atoms with Crippen LogP contribution in [0, 0.1) is 19.3 Å². The molecule has 0 amide bonds. The second-order valence-electron chi connectivity index (χ2n) is 11.9. The van der Waals surface area contributed by atoms with Crippen molar-refractivity contribution in [3.63, 3.8) is 0 Å². The molecule has 5 heterocycles. The predicted octanol–water partition coefficient (Wildman–Crippen LogP) is 4.76. The number of alkyl halides is 2. The zero-order chi connectivity index (χ0) is 25.7.